The van der Waals surface area contributed by atoms with Crippen LogP contribution in [0.4, 0.5) is 0 Å². The summed E-state index contributed by atoms with van der Waals surface area (Å²) < 4.78 is 16.3. The van der Waals surface area contributed by atoms with Crippen molar-refractivity contribution in [1.82, 2.24) is 15.0 Å². The van der Waals surface area contributed by atoms with Gasteiger partial charge in [0.15, 0.2) is 6.10 Å². The molecule has 7 nitrogen and oxygen atoms in total. The fourth-order valence-corrected chi connectivity index (χ4v) is 3.11. The predicted octanol–water partition coefficient (Wildman–Crippen LogP) is 4.44. The molecule has 0 saturated heterocycles. The number of likely N-dealkylation sites (N-methyl/N-ethyl adjacent to an activating group) is 1. The third kappa shape index (κ3) is 4.91. The largest absolute Gasteiger partial charge is 0.497 e. The second-order valence-electron chi connectivity index (χ2n) is 7.07. The normalized spacial score (nSPS) is 11.8. The van der Waals surface area contributed by atoms with Gasteiger partial charge in [0.05, 0.1) is 13.7 Å². The van der Waals surface area contributed by atoms with Crippen LogP contribution in [0.1, 0.15) is 23.9 Å². The van der Waals surface area contributed by atoms with E-state index in [1.54, 1.807) is 21.1 Å². The highest BCUT2D eigenvalue weighted by Crippen LogP contribution is 2.26. The Labute approximate surface area is 180 Å². The fourth-order valence-electron chi connectivity index (χ4n) is 3.00. The molecule has 0 fully saturated rings. The van der Waals surface area contributed by atoms with Gasteiger partial charge in [-0.3, -0.25) is 4.79 Å². The third-order valence-electron chi connectivity index (χ3n) is 4.64. The zero-order chi connectivity index (χ0) is 21.8. The Morgan fingerprint density at radius 2 is 1.80 bits per heavy atom. The van der Waals surface area contributed by atoms with Gasteiger partial charge in [-0.25, -0.2) is 0 Å². The van der Waals surface area contributed by atoms with Crippen LogP contribution in [0.3, 0.4) is 0 Å². The minimum Gasteiger partial charge on any atom is -0.497 e. The van der Waals surface area contributed by atoms with Crippen LogP contribution in [-0.4, -0.2) is 41.2 Å². The van der Waals surface area contributed by atoms with E-state index in [-0.39, 0.29) is 12.5 Å². The molecule has 0 spiro atoms. The summed E-state index contributed by atoms with van der Waals surface area (Å²) >= 11 is 6.19. The molecular formula is C22H24ClN3O4. The second-order valence-corrected chi connectivity index (χ2v) is 7.44. The maximum absolute atomic E-state index is 12.7. The highest BCUT2D eigenvalue weighted by Gasteiger charge is 2.22. The highest BCUT2D eigenvalue weighted by atomic mass is 35.5. The number of carbonyl (C=O) groups is 1. The molecule has 1 heterocycles. The van der Waals surface area contributed by atoms with E-state index in [1.807, 2.05) is 50.2 Å². The molecular weight excluding hydrogens is 406 g/mol. The molecule has 8 heteroatoms. The molecule has 1 atom stereocenters. The maximum Gasteiger partial charge on any atom is 0.263 e. The number of aromatic nitrogens is 2. The average Bonchev–Trinajstić information content (AvgIpc) is 3.19. The van der Waals surface area contributed by atoms with E-state index < -0.39 is 6.10 Å². The maximum atomic E-state index is 12.7. The smallest absolute Gasteiger partial charge is 0.263 e. The molecule has 0 aliphatic heterocycles. The van der Waals surface area contributed by atoms with E-state index in [0.717, 1.165) is 22.4 Å². The molecule has 0 N–H and O–H groups in total. The minimum absolute atomic E-state index is 0.175. The molecule has 0 unspecified atom stereocenters. The van der Waals surface area contributed by atoms with Crippen molar-refractivity contribution >= 4 is 17.5 Å². The summed E-state index contributed by atoms with van der Waals surface area (Å²) in [5.41, 5.74) is 2.60. The summed E-state index contributed by atoms with van der Waals surface area (Å²) in [5, 5.41) is 4.68. The van der Waals surface area contributed by atoms with Gasteiger partial charge in [-0.2, -0.15) is 4.98 Å². The summed E-state index contributed by atoms with van der Waals surface area (Å²) in [6, 6.07) is 11.0. The lowest BCUT2D eigenvalue weighted by Gasteiger charge is -2.21. The van der Waals surface area contributed by atoms with Crippen LogP contribution >= 0.6 is 11.6 Å². The Kier molecular flexibility index (Phi) is 6.62. The highest BCUT2D eigenvalue weighted by molar-refractivity contribution is 6.32. The number of aryl methyl sites for hydroxylation is 2. The number of carbonyl (C=O) groups excluding carboxylic acids is 1. The first-order chi connectivity index (χ1) is 14.3. The van der Waals surface area contributed by atoms with E-state index in [2.05, 4.69) is 10.1 Å². The van der Waals surface area contributed by atoms with Gasteiger partial charge in [0, 0.05) is 17.6 Å². The van der Waals surface area contributed by atoms with Crippen molar-refractivity contribution < 1.29 is 18.8 Å². The molecule has 0 saturated carbocycles. The van der Waals surface area contributed by atoms with Gasteiger partial charge in [0.25, 0.3) is 5.91 Å². The summed E-state index contributed by atoms with van der Waals surface area (Å²) in [7, 11) is 3.27. The van der Waals surface area contributed by atoms with Gasteiger partial charge in [-0.15, -0.1) is 0 Å². The SMILES string of the molecule is COc1ccc(-c2noc(CN(C)C(=O)[C@@H](C)Oc3cc(C)c(Cl)c(C)c3)n2)cc1. The molecule has 1 aromatic heterocycles. The number of benzene rings is 2. The lowest BCUT2D eigenvalue weighted by Crippen LogP contribution is -2.37. The quantitative estimate of drug-likeness (QED) is 0.552. The fraction of sp³-hybridized carbons (Fsp3) is 0.318. The van der Waals surface area contributed by atoms with Crippen LogP contribution < -0.4 is 9.47 Å². The van der Waals surface area contributed by atoms with Crippen molar-refractivity contribution in [1.29, 1.82) is 0 Å². The van der Waals surface area contributed by atoms with Crippen LogP contribution in [0.2, 0.25) is 5.02 Å². The topological polar surface area (TPSA) is 77.7 Å². The number of ether oxygens (including phenoxy) is 2. The lowest BCUT2D eigenvalue weighted by molar-refractivity contribution is -0.137. The molecule has 0 radical (unpaired) electrons. The van der Waals surface area contributed by atoms with Gasteiger partial charge in [0.1, 0.15) is 11.5 Å². The van der Waals surface area contributed by atoms with E-state index in [1.165, 1.54) is 4.90 Å². The first kappa shape index (κ1) is 21.6. The van der Waals surface area contributed by atoms with Gasteiger partial charge in [-0.05, 0) is 68.3 Å². The summed E-state index contributed by atoms with van der Waals surface area (Å²) in [4.78, 5) is 18.6. The monoisotopic (exact) mass is 429 g/mol. The summed E-state index contributed by atoms with van der Waals surface area (Å²) in [6.45, 7) is 5.68. The van der Waals surface area contributed by atoms with Crippen LogP contribution in [0.15, 0.2) is 40.9 Å². The molecule has 3 aromatic rings. The molecule has 0 aliphatic rings. The van der Waals surface area contributed by atoms with E-state index in [9.17, 15) is 4.79 Å². The van der Waals surface area contributed by atoms with Gasteiger partial charge >= 0.3 is 0 Å². The van der Waals surface area contributed by atoms with Crippen LogP contribution in [-0.2, 0) is 11.3 Å². The van der Waals surface area contributed by atoms with E-state index >= 15 is 0 Å². The minimum atomic E-state index is -0.682. The van der Waals surface area contributed by atoms with Crippen molar-refractivity contribution in [2.45, 2.75) is 33.4 Å². The molecule has 0 bridgehead atoms. The zero-order valence-electron chi connectivity index (χ0n) is 17.6. The molecule has 0 aliphatic carbocycles. The van der Waals surface area contributed by atoms with Gasteiger partial charge < -0.3 is 18.9 Å². The van der Waals surface area contributed by atoms with Crippen molar-refractivity contribution in [2.24, 2.45) is 0 Å². The van der Waals surface area contributed by atoms with Gasteiger partial charge in [-0.1, -0.05) is 16.8 Å². The first-order valence-electron chi connectivity index (χ1n) is 9.44. The number of methoxy groups -OCH3 is 1. The van der Waals surface area contributed by atoms with E-state index in [0.29, 0.717) is 22.5 Å². The van der Waals surface area contributed by atoms with Crippen LogP contribution in [0, 0.1) is 13.8 Å². The van der Waals surface area contributed by atoms with Crippen LogP contribution in [0.5, 0.6) is 11.5 Å². The van der Waals surface area contributed by atoms with Gasteiger partial charge in [0.2, 0.25) is 11.7 Å². The van der Waals surface area contributed by atoms with Crippen LogP contribution in [0.25, 0.3) is 11.4 Å². The molecule has 3 rings (SSSR count). The van der Waals surface area contributed by atoms with E-state index in [4.69, 9.17) is 25.6 Å². The Hall–Kier alpha value is -3.06. The zero-order valence-corrected chi connectivity index (χ0v) is 18.4. The number of nitrogens with zero attached hydrogens (tertiary/aromatic N) is 3. The number of hydrogen-bond donors (Lipinski definition) is 0. The summed E-state index contributed by atoms with van der Waals surface area (Å²) in [6.07, 6.45) is -0.682. The van der Waals surface area contributed by atoms with Crippen molar-refractivity contribution in [3.05, 3.63) is 58.4 Å². The molecule has 158 valence electrons. The second kappa shape index (κ2) is 9.17. The lowest BCUT2D eigenvalue weighted by atomic mass is 10.1. The first-order valence-corrected chi connectivity index (χ1v) is 9.81. The molecule has 2 aromatic carbocycles. The standard InChI is InChI=1S/C22H24ClN3O4/c1-13-10-18(11-14(2)20(13)23)29-15(3)22(27)26(4)12-19-24-21(25-30-19)16-6-8-17(28-5)9-7-16/h6-11,15H,12H2,1-5H3/t15-/m1/s1. The number of hydrogen-bond acceptors (Lipinski definition) is 6. The Balaban J connectivity index is 1.63. The van der Waals surface area contributed by atoms with Crippen molar-refractivity contribution in [3.8, 4) is 22.9 Å². The average molecular weight is 430 g/mol. The predicted molar refractivity (Wildman–Crippen MR) is 114 cm³/mol. The summed E-state index contributed by atoms with van der Waals surface area (Å²) in [5.74, 6) is 1.92. The number of halogens is 1. The Bertz CT molecular complexity index is 1010. The Morgan fingerprint density at radius 1 is 1.17 bits per heavy atom. The number of rotatable bonds is 7. The molecule has 1 amide bonds. The van der Waals surface area contributed by atoms with Crippen molar-refractivity contribution in [3.63, 3.8) is 0 Å². The third-order valence-corrected chi connectivity index (χ3v) is 5.23. The van der Waals surface area contributed by atoms with Crippen molar-refractivity contribution in [2.75, 3.05) is 14.2 Å². The Morgan fingerprint density at radius 3 is 2.40 bits per heavy atom. The number of amides is 1. The molecule has 30 heavy (non-hydrogen) atoms.